The molecule has 0 aromatic heterocycles. The number of carbonyl (C=O) groups is 2. The molecule has 1 heterocycles. The molecule has 5 nitrogen and oxygen atoms in total. The van der Waals surface area contributed by atoms with Gasteiger partial charge in [-0.2, -0.15) is 0 Å². The van der Waals surface area contributed by atoms with Gasteiger partial charge in [0.05, 0.1) is 20.1 Å². The van der Waals surface area contributed by atoms with Crippen LogP contribution in [0.2, 0.25) is 0 Å². The highest BCUT2D eigenvalue weighted by atomic mass is 79.9. The topological polar surface area (TPSA) is 55.8 Å². The predicted molar refractivity (Wildman–Crippen MR) is 94.9 cm³/mol. The average molecular weight is 398 g/mol. The summed E-state index contributed by atoms with van der Waals surface area (Å²) < 4.78 is 11.2. The summed E-state index contributed by atoms with van der Waals surface area (Å²) in [4.78, 5) is 26.5. The van der Waals surface area contributed by atoms with E-state index in [0.29, 0.717) is 26.2 Å². The number of benzene rings is 1. The Balaban J connectivity index is 2.25. The standard InChI is InChI=1S/C18H24BrNO4/c1-4-13-9-12(2)10-15(19)14(13)11-17(21)20-6-8-24-7-5-16(20)18(22)23-3/h9-10,16H,4-8,11H2,1-3H3. The number of esters is 1. The molecule has 0 saturated carbocycles. The lowest BCUT2D eigenvalue weighted by Crippen LogP contribution is -2.46. The highest BCUT2D eigenvalue weighted by Crippen LogP contribution is 2.25. The second-order valence-corrected chi connectivity index (χ2v) is 6.80. The molecule has 1 unspecified atom stereocenters. The van der Waals surface area contributed by atoms with Crippen molar-refractivity contribution < 1.29 is 19.1 Å². The van der Waals surface area contributed by atoms with Gasteiger partial charge in [0.2, 0.25) is 5.91 Å². The number of carbonyl (C=O) groups excluding carboxylic acids is 2. The quantitative estimate of drug-likeness (QED) is 0.732. The molecule has 1 aliphatic heterocycles. The van der Waals surface area contributed by atoms with Crippen molar-refractivity contribution in [3.05, 3.63) is 33.3 Å². The van der Waals surface area contributed by atoms with Crippen LogP contribution in [0.25, 0.3) is 0 Å². The fourth-order valence-corrected chi connectivity index (χ4v) is 3.82. The van der Waals surface area contributed by atoms with E-state index in [9.17, 15) is 9.59 Å². The number of ether oxygens (including phenoxy) is 2. The monoisotopic (exact) mass is 397 g/mol. The van der Waals surface area contributed by atoms with Gasteiger partial charge >= 0.3 is 5.97 Å². The molecule has 1 atom stereocenters. The molecule has 0 radical (unpaired) electrons. The summed E-state index contributed by atoms with van der Waals surface area (Å²) in [5, 5.41) is 0. The number of methoxy groups -OCH3 is 1. The van der Waals surface area contributed by atoms with E-state index >= 15 is 0 Å². The van der Waals surface area contributed by atoms with Crippen LogP contribution in [-0.2, 0) is 31.9 Å². The van der Waals surface area contributed by atoms with E-state index in [1.54, 1.807) is 4.90 Å². The van der Waals surface area contributed by atoms with Crippen molar-refractivity contribution in [2.75, 3.05) is 26.9 Å². The van der Waals surface area contributed by atoms with Crippen molar-refractivity contribution in [3.63, 3.8) is 0 Å². The Hall–Kier alpha value is -1.40. The molecule has 24 heavy (non-hydrogen) atoms. The van der Waals surface area contributed by atoms with Gasteiger partial charge in [-0.25, -0.2) is 4.79 Å². The van der Waals surface area contributed by atoms with E-state index in [0.717, 1.165) is 27.6 Å². The highest BCUT2D eigenvalue weighted by Gasteiger charge is 2.32. The van der Waals surface area contributed by atoms with Crippen LogP contribution in [0.15, 0.2) is 16.6 Å². The zero-order valence-corrected chi connectivity index (χ0v) is 16.0. The van der Waals surface area contributed by atoms with Gasteiger partial charge in [0, 0.05) is 24.0 Å². The fourth-order valence-electron chi connectivity index (χ4n) is 3.06. The zero-order valence-electron chi connectivity index (χ0n) is 14.4. The number of halogens is 1. The van der Waals surface area contributed by atoms with Crippen molar-refractivity contribution >= 4 is 27.8 Å². The third-order valence-electron chi connectivity index (χ3n) is 4.32. The Labute approximate surface area is 151 Å². The number of nitrogens with zero attached hydrogens (tertiary/aromatic N) is 1. The minimum atomic E-state index is -0.570. The first-order valence-electron chi connectivity index (χ1n) is 8.20. The van der Waals surface area contributed by atoms with Crippen molar-refractivity contribution in [2.45, 2.75) is 39.2 Å². The van der Waals surface area contributed by atoms with Crippen LogP contribution in [-0.4, -0.2) is 49.7 Å². The lowest BCUT2D eigenvalue weighted by Gasteiger charge is -2.28. The van der Waals surface area contributed by atoms with Gasteiger partial charge in [-0.05, 0) is 36.1 Å². The van der Waals surface area contributed by atoms with Gasteiger partial charge in [-0.1, -0.05) is 28.9 Å². The largest absolute Gasteiger partial charge is 0.467 e. The molecule has 1 aromatic carbocycles. The molecular weight excluding hydrogens is 374 g/mol. The first-order valence-corrected chi connectivity index (χ1v) is 9.00. The first kappa shape index (κ1) is 18.9. The second-order valence-electron chi connectivity index (χ2n) is 5.94. The molecule has 1 amide bonds. The minimum absolute atomic E-state index is 0.0739. The van der Waals surface area contributed by atoms with Crippen LogP contribution in [0.4, 0.5) is 0 Å². The fraction of sp³-hybridized carbons (Fsp3) is 0.556. The van der Waals surface area contributed by atoms with Crippen LogP contribution in [0.5, 0.6) is 0 Å². The summed E-state index contributed by atoms with van der Waals surface area (Å²) in [5.74, 6) is -0.456. The maximum Gasteiger partial charge on any atom is 0.328 e. The maximum absolute atomic E-state index is 12.9. The van der Waals surface area contributed by atoms with Crippen molar-refractivity contribution in [3.8, 4) is 0 Å². The Morgan fingerprint density at radius 2 is 2.12 bits per heavy atom. The number of amides is 1. The minimum Gasteiger partial charge on any atom is -0.467 e. The van der Waals surface area contributed by atoms with E-state index in [1.165, 1.54) is 7.11 Å². The predicted octanol–water partition coefficient (Wildman–Crippen LogP) is 2.65. The molecule has 1 saturated heterocycles. The highest BCUT2D eigenvalue weighted by molar-refractivity contribution is 9.10. The van der Waals surface area contributed by atoms with Gasteiger partial charge in [-0.15, -0.1) is 0 Å². The molecule has 0 N–H and O–H groups in total. The molecule has 0 aliphatic carbocycles. The molecule has 1 aromatic rings. The van der Waals surface area contributed by atoms with Crippen molar-refractivity contribution in [2.24, 2.45) is 0 Å². The third kappa shape index (κ3) is 4.36. The van der Waals surface area contributed by atoms with Gasteiger partial charge in [0.15, 0.2) is 0 Å². The lowest BCUT2D eigenvalue weighted by molar-refractivity contribution is -0.152. The molecular formula is C18H24BrNO4. The molecule has 0 spiro atoms. The van der Waals surface area contributed by atoms with Crippen molar-refractivity contribution in [1.82, 2.24) is 4.90 Å². The first-order chi connectivity index (χ1) is 11.5. The molecule has 2 rings (SSSR count). The molecule has 1 fully saturated rings. The SMILES string of the molecule is CCc1cc(C)cc(Br)c1CC(=O)N1CCOCCC1C(=O)OC. The lowest BCUT2D eigenvalue weighted by atomic mass is 9.99. The van der Waals surface area contributed by atoms with E-state index in [4.69, 9.17) is 9.47 Å². The third-order valence-corrected chi connectivity index (χ3v) is 5.03. The Bertz CT molecular complexity index is 617. The molecule has 0 bridgehead atoms. The van der Waals surface area contributed by atoms with E-state index in [-0.39, 0.29) is 18.3 Å². The van der Waals surface area contributed by atoms with E-state index in [1.807, 2.05) is 13.0 Å². The summed E-state index contributed by atoms with van der Waals surface area (Å²) in [6.07, 6.45) is 1.58. The van der Waals surface area contributed by atoms with Crippen molar-refractivity contribution in [1.29, 1.82) is 0 Å². The zero-order chi connectivity index (χ0) is 17.7. The Morgan fingerprint density at radius 3 is 2.79 bits per heavy atom. The summed E-state index contributed by atoms with van der Waals surface area (Å²) in [6.45, 7) is 5.41. The maximum atomic E-state index is 12.9. The molecule has 6 heteroatoms. The van der Waals surface area contributed by atoms with E-state index in [2.05, 4.69) is 28.9 Å². The molecule has 1 aliphatic rings. The van der Waals surface area contributed by atoms with E-state index < -0.39 is 6.04 Å². The van der Waals surface area contributed by atoms with Crippen LogP contribution in [0.1, 0.15) is 30.0 Å². The Kier molecular flexibility index (Phi) is 6.80. The van der Waals surface area contributed by atoms with Crippen LogP contribution < -0.4 is 0 Å². The van der Waals surface area contributed by atoms with Gasteiger partial charge in [0.1, 0.15) is 6.04 Å². The molecule has 132 valence electrons. The summed E-state index contributed by atoms with van der Waals surface area (Å²) in [5.41, 5.74) is 3.29. The van der Waals surface area contributed by atoms with Crippen LogP contribution in [0, 0.1) is 6.92 Å². The van der Waals surface area contributed by atoms with Crippen LogP contribution in [0.3, 0.4) is 0 Å². The van der Waals surface area contributed by atoms with Gasteiger partial charge in [-0.3, -0.25) is 4.79 Å². The summed E-state index contributed by atoms with van der Waals surface area (Å²) >= 11 is 3.58. The normalized spacial score (nSPS) is 18.2. The smallest absolute Gasteiger partial charge is 0.328 e. The second kappa shape index (κ2) is 8.62. The van der Waals surface area contributed by atoms with Crippen LogP contribution >= 0.6 is 15.9 Å². The summed E-state index contributed by atoms with van der Waals surface area (Å²) in [7, 11) is 1.35. The number of rotatable bonds is 4. The average Bonchev–Trinajstić information content (AvgIpc) is 2.82. The van der Waals surface area contributed by atoms with Gasteiger partial charge < -0.3 is 14.4 Å². The number of aryl methyl sites for hydroxylation is 2. The number of hydrogen-bond donors (Lipinski definition) is 0. The summed E-state index contributed by atoms with van der Waals surface area (Å²) in [6, 6.07) is 3.56. The Morgan fingerprint density at radius 1 is 1.38 bits per heavy atom. The van der Waals surface area contributed by atoms with Gasteiger partial charge in [0.25, 0.3) is 0 Å². The number of hydrogen-bond acceptors (Lipinski definition) is 4.